The fourth-order valence-corrected chi connectivity index (χ4v) is 5.93. The Labute approximate surface area is 248 Å². The third kappa shape index (κ3) is 8.24. The molecule has 3 aromatic rings. The Balaban J connectivity index is 2.05. The first-order valence-corrected chi connectivity index (χ1v) is 15.4. The van der Waals surface area contributed by atoms with Crippen LogP contribution < -0.4 is 14.4 Å². The number of methoxy groups -OCH3 is 1. The summed E-state index contributed by atoms with van der Waals surface area (Å²) in [7, 11) is -2.63. The number of unbranched alkanes of at least 4 members (excludes halogenated alkanes) is 1. The fourth-order valence-electron chi connectivity index (χ4n) is 4.29. The third-order valence-corrected chi connectivity index (χ3v) is 8.82. The number of nitrogens with one attached hydrogen (secondary N) is 1. The number of hydrogen-bond donors (Lipinski definition) is 1. The van der Waals surface area contributed by atoms with Crippen molar-refractivity contribution in [1.29, 1.82) is 0 Å². The Bertz CT molecular complexity index is 1460. The maximum atomic E-state index is 14.1. The van der Waals surface area contributed by atoms with Gasteiger partial charge in [0, 0.05) is 18.1 Å². The van der Waals surface area contributed by atoms with Gasteiger partial charge in [0.05, 0.1) is 17.7 Å². The molecule has 2 amide bonds. The molecule has 0 spiro atoms. The smallest absolute Gasteiger partial charge is 0.264 e. The molecule has 0 aliphatic rings. The number of nitrogens with zero attached hydrogens (tertiary/aromatic N) is 2. The van der Waals surface area contributed by atoms with Crippen LogP contribution in [0.2, 0.25) is 5.02 Å². The van der Waals surface area contributed by atoms with Crippen LogP contribution in [0.15, 0.2) is 71.6 Å². The van der Waals surface area contributed by atoms with Crippen LogP contribution >= 0.6 is 11.6 Å². The molecule has 0 saturated carbocycles. The van der Waals surface area contributed by atoms with Crippen molar-refractivity contribution in [2.45, 2.75) is 58.0 Å². The first-order chi connectivity index (χ1) is 19.5. The fraction of sp³-hybridized carbons (Fsp3) is 0.355. The van der Waals surface area contributed by atoms with Crippen LogP contribution in [0.5, 0.6) is 5.75 Å². The first-order valence-electron chi connectivity index (χ1n) is 13.5. The summed E-state index contributed by atoms with van der Waals surface area (Å²) in [5.74, 6) is -0.254. The van der Waals surface area contributed by atoms with Gasteiger partial charge in [0.15, 0.2) is 0 Å². The predicted molar refractivity (Wildman–Crippen MR) is 163 cm³/mol. The molecule has 0 aliphatic carbocycles. The summed E-state index contributed by atoms with van der Waals surface area (Å²) in [4.78, 5) is 28.6. The molecule has 3 rings (SSSR count). The lowest BCUT2D eigenvalue weighted by atomic mass is 10.1. The second-order valence-corrected chi connectivity index (χ2v) is 12.2. The largest absolute Gasteiger partial charge is 0.497 e. The van der Waals surface area contributed by atoms with E-state index in [1.807, 2.05) is 19.9 Å². The Morgan fingerprint density at radius 1 is 1.02 bits per heavy atom. The molecule has 8 nitrogen and oxygen atoms in total. The summed E-state index contributed by atoms with van der Waals surface area (Å²) < 4.78 is 34.4. The van der Waals surface area contributed by atoms with E-state index in [1.54, 1.807) is 63.4 Å². The number of ether oxygens (including phenoxy) is 1. The molecular weight excluding hydrogens is 562 g/mol. The number of sulfonamides is 1. The van der Waals surface area contributed by atoms with Crippen molar-refractivity contribution in [2.75, 3.05) is 24.5 Å². The molecule has 10 heteroatoms. The van der Waals surface area contributed by atoms with E-state index in [0.29, 0.717) is 22.9 Å². The lowest BCUT2D eigenvalue weighted by Gasteiger charge is -2.32. The Morgan fingerprint density at radius 3 is 2.39 bits per heavy atom. The van der Waals surface area contributed by atoms with Crippen LogP contribution in [0, 0.1) is 13.8 Å². The number of hydrogen-bond acceptors (Lipinski definition) is 5. The summed E-state index contributed by atoms with van der Waals surface area (Å²) >= 11 is 6.28. The van der Waals surface area contributed by atoms with Crippen molar-refractivity contribution < 1.29 is 22.7 Å². The van der Waals surface area contributed by atoms with Gasteiger partial charge in [-0.05, 0) is 74.7 Å². The van der Waals surface area contributed by atoms with E-state index in [-0.39, 0.29) is 23.0 Å². The van der Waals surface area contributed by atoms with Gasteiger partial charge in [0.1, 0.15) is 18.3 Å². The normalized spacial score (nSPS) is 12.0. The van der Waals surface area contributed by atoms with E-state index in [0.717, 1.165) is 28.3 Å². The average Bonchev–Trinajstić information content (AvgIpc) is 2.95. The van der Waals surface area contributed by atoms with Crippen molar-refractivity contribution >= 4 is 39.1 Å². The highest BCUT2D eigenvalue weighted by Gasteiger charge is 2.33. The van der Waals surface area contributed by atoms with Gasteiger partial charge in [-0.2, -0.15) is 0 Å². The Morgan fingerprint density at radius 2 is 1.73 bits per heavy atom. The molecule has 1 N–H and O–H groups in total. The van der Waals surface area contributed by atoms with Crippen molar-refractivity contribution in [2.24, 2.45) is 0 Å². The predicted octanol–water partition coefficient (Wildman–Crippen LogP) is 5.49. The van der Waals surface area contributed by atoms with Gasteiger partial charge in [0.2, 0.25) is 11.8 Å². The lowest BCUT2D eigenvalue weighted by molar-refractivity contribution is -0.139. The molecule has 0 heterocycles. The topological polar surface area (TPSA) is 96.0 Å². The zero-order valence-corrected chi connectivity index (χ0v) is 25.8. The number of carbonyl (C=O) groups is 2. The molecule has 220 valence electrons. The molecule has 0 bridgehead atoms. The van der Waals surface area contributed by atoms with Crippen LogP contribution in [-0.4, -0.2) is 51.4 Å². The van der Waals surface area contributed by atoms with E-state index >= 15 is 0 Å². The first kappa shape index (κ1) is 32.0. The van der Waals surface area contributed by atoms with Crippen molar-refractivity contribution in [3.05, 3.63) is 88.4 Å². The number of amides is 2. The molecule has 0 aliphatic heterocycles. The van der Waals surface area contributed by atoms with Crippen molar-refractivity contribution in [1.82, 2.24) is 10.2 Å². The minimum Gasteiger partial charge on any atom is -0.497 e. The molecule has 3 aromatic carbocycles. The standard InChI is InChI=1S/C31H38ClN3O5S/c1-6-7-17-33-31(37)24(4)34(20-25-9-8-10-27(18-25)40-5)30(36)21-35(29-19-26(32)14-13-23(29)3)41(38,39)28-15-11-22(2)12-16-28/h8-16,18-19,24H,6-7,17,20-21H2,1-5H3,(H,33,37). The van der Waals surface area contributed by atoms with Crippen LogP contribution in [0.1, 0.15) is 43.4 Å². The number of halogens is 1. The van der Waals surface area contributed by atoms with Crippen LogP contribution in [0.4, 0.5) is 5.69 Å². The number of anilines is 1. The molecule has 0 radical (unpaired) electrons. The van der Waals surface area contributed by atoms with Gasteiger partial charge >= 0.3 is 0 Å². The maximum absolute atomic E-state index is 14.1. The molecule has 0 fully saturated rings. The maximum Gasteiger partial charge on any atom is 0.264 e. The number of benzene rings is 3. The molecule has 1 unspecified atom stereocenters. The van der Waals surface area contributed by atoms with E-state index in [1.165, 1.54) is 23.1 Å². The summed E-state index contributed by atoms with van der Waals surface area (Å²) in [6, 6.07) is 17.7. The second kappa shape index (κ2) is 14.4. The van der Waals surface area contributed by atoms with Gasteiger partial charge < -0.3 is 15.0 Å². The molecule has 41 heavy (non-hydrogen) atoms. The highest BCUT2D eigenvalue weighted by molar-refractivity contribution is 7.92. The van der Waals surface area contributed by atoms with Crippen LogP contribution in [0.25, 0.3) is 0 Å². The number of carbonyl (C=O) groups excluding carboxylic acids is 2. The summed E-state index contributed by atoms with van der Waals surface area (Å²) in [5.41, 5.74) is 2.55. The third-order valence-electron chi connectivity index (χ3n) is 6.81. The Hall–Kier alpha value is -3.56. The van der Waals surface area contributed by atoms with Gasteiger partial charge in [-0.15, -0.1) is 0 Å². The number of aryl methyl sites for hydroxylation is 2. The molecule has 1 atom stereocenters. The zero-order valence-electron chi connectivity index (χ0n) is 24.2. The summed E-state index contributed by atoms with van der Waals surface area (Å²) in [6.07, 6.45) is 1.71. The Kier molecular flexibility index (Phi) is 11.2. The van der Waals surface area contributed by atoms with E-state index in [2.05, 4.69) is 5.32 Å². The lowest BCUT2D eigenvalue weighted by Crippen LogP contribution is -2.51. The van der Waals surface area contributed by atoms with Crippen LogP contribution in [-0.2, 0) is 26.2 Å². The molecular formula is C31H38ClN3O5S. The van der Waals surface area contributed by atoms with Crippen molar-refractivity contribution in [3.8, 4) is 5.75 Å². The second-order valence-electron chi connectivity index (χ2n) is 9.95. The van der Waals surface area contributed by atoms with E-state index in [4.69, 9.17) is 16.3 Å². The highest BCUT2D eigenvalue weighted by atomic mass is 35.5. The zero-order chi connectivity index (χ0) is 30.2. The van der Waals surface area contributed by atoms with Gasteiger partial charge in [-0.1, -0.05) is 60.8 Å². The van der Waals surface area contributed by atoms with E-state index < -0.39 is 28.5 Å². The molecule has 0 aromatic heterocycles. The average molecular weight is 600 g/mol. The summed E-state index contributed by atoms with van der Waals surface area (Å²) in [5, 5.41) is 3.22. The SMILES string of the molecule is CCCCNC(=O)C(C)N(Cc1cccc(OC)c1)C(=O)CN(c1cc(Cl)ccc1C)S(=O)(=O)c1ccc(C)cc1. The summed E-state index contributed by atoms with van der Waals surface area (Å²) in [6.45, 7) is 7.31. The minimum absolute atomic E-state index is 0.0416. The van der Waals surface area contributed by atoms with Crippen LogP contribution in [0.3, 0.4) is 0 Å². The van der Waals surface area contributed by atoms with Gasteiger partial charge in [-0.3, -0.25) is 13.9 Å². The quantitative estimate of drug-likeness (QED) is 0.262. The highest BCUT2D eigenvalue weighted by Crippen LogP contribution is 2.30. The van der Waals surface area contributed by atoms with Gasteiger partial charge in [-0.25, -0.2) is 8.42 Å². The van der Waals surface area contributed by atoms with Gasteiger partial charge in [0.25, 0.3) is 10.0 Å². The number of rotatable bonds is 13. The monoisotopic (exact) mass is 599 g/mol. The van der Waals surface area contributed by atoms with E-state index in [9.17, 15) is 18.0 Å². The minimum atomic E-state index is -4.18. The molecule has 0 saturated heterocycles. The van der Waals surface area contributed by atoms with Crippen molar-refractivity contribution in [3.63, 3.8) is 0 Å².